The molecule has 0 saturated carbocycles. The van der Waals surface area contributed by atoms with Gasteiger partial charge in [0.15, 0.2) is 0 Å². The number of aryl methyl sites for hydroxylation is 1. The molecule has 1 aliphatic rings. The minimum absolute atomic E-state index is 0.000182. The van der Waals surface area contributed by atoms with Crippen LogP contribution in [0.5, 0.6) is 0 Å². The highest BCUT2D eigenvalue weighted by molar-refractivity contribution is 5.95. The molecule has 2 aromatic carbocycles. The van der Waals surface area contributed by atoms with Gasteiger partial charge in [0.25, 0.3) is 5.69 Å². The Balaban J connectivity index is 1.46. The zero-order valence-corrected chi connectivity index (χ0v) is 18.2. The number of nitrogens with zero attached hydrogens (tertiary/aromatic N) is 3. The first-order chi connectivity index (χ1) is 15.3. The van der Waals surface area contributed by atoms with Crippen molar-refractivity contribution >= 4 is 34.6 Å². The van der Waals surface area contributed by atoms with E-state index in [9.17, 15) is 19.7 Å². The number of carbonyl (C=O) groups is 2. The molecule has 32 heavy (non-hydrogen) atoms. The van der Waals surface area contributed by atoms with Gasteiger partial charge in [0, 0.05) is 42.3 Å². The molecule has 1 aliphatic heterocycles. The van der Waals surface area contributed by atoms with E-state index in [0.29, 0.717) is 30.2 Å². The molecule has 0 aliphatic carbocycles. The Kier molecular flexibility index (Phi) is 7.74. The number of nitro benzene ring substituents is 1. The summed E-state index contributed by atoms with van der Waals surface area (Å²) < 4.78 is 5.36. The summed E-state index contributed by atoms with van der Waals surface area (Å²) in [4.78, 5) is 38.8. The van der Waals surface area contributed by atoms with Crippen LogP contribution in [0.2, 0.25) is 0 Å². The minimum atomic E-state index is -0.485. The number of ether oxygens (including phenoxy) is 1. The number of rotatable bonds is 8. The zero-order valence-electron chi connectivity index (χ0n) is 18.2. The smallest absolute Gasteiger partial charge is 0.269 e. The Morgan fingerprint density at radius 3 is 2.28 bits per heavy atom. The highest BCUT2D eigenvalue weighted by atomic mass is 16.6. The third kappa shape index (κ3) is 6.50. The number of nitro groups is 1. The Morgan fingerprint density at radius 1 is 1.06 bits per heavy atom. The van der Waals surface area contributed by atoms with E-state index in [2.05, 4.69) is 15.5 Å². The molecule has 0 bridgehead atoms. The van der Waals surface area contributed by atoms with Crippen molar-refractivity contribution in [3.63, 3.8) is 0 Å². The van der Waals surface area contributed by atoms with Crippen LogP contribution in [0.3, 0.4) is 0 Å². The topological polar surface area (TPSA) is 117 Å². The summed E-state index contributed by atoms with van der Waals surface area (Å²) in [5, 5.41) is 16.4. The van der Waals surface area contributed by atoms with Gasteiger partial charge in [-0.15, -0.1) is 0 Å². The van der Waals surface area contributed by atoms with E-state index in [-0.39, 0.29) is 30.6 Å². The summed E-state index contributed by atoms with van der Waals surface area (Å²) in [5.41, 5.74) is 2.83. The number of non-ortho nitro benzene ring substituents is 1. The average Bonchev–Trinajstić information content (AvgIpc) is 2.76. The summed E-state index contributed by atoms with van der Waals surface area (Å²) in [6.07, 6.45) is 0. The Hall–Kier alpha value is -3.50. The van der Waals surface area contributed by atoms with Crippen LogP contribution in [0.4, 0.5) is 22.7 Å². The molecule has 170 valence electrons. The monoisotopic (exact) mass is 441 g/mol. The third-order valence-electron chi connectivity index (χ3n) is 5.05. The third-order valence-corrected chi connectivity index (χ3v) is 5.05. The molecule has 2 N–H and O–H groups in total. The number of amides is 2. The van der Waals surface area contributed by atoms with E-state index < -0.39 is 4.92 Å². The van der Waals surface area contributed by atoms with Crippen molar-refractivity contribution in [2.45, 2.75) is 6.92 Å². The molecule has 0 radical (unpaired) electrons. The van der Waals surface area contributed by atoms with Gasteiger partial charge in [-0.1, -0.05) is 0 Å². The number of benzene rings is 2. The van der Waals surface area contributed by atoms with Gasteiger partial charge in [0.05, 0.1) is 31.2 Å². The maximum atomic E-state index is 12.3. The average molecular weight is 441 g/mol. The van der Waals surface area contributed by atoms with Crippen molar-refractivity contribution in [2.75, 3.05) is 62.0 Å². The lowest BCUT2D eigenvalue weighted by molar-refractivity contribution is -0.384. The number of hydrogen-bond donors (Lipinski definition) is 2. The van der Waals surface area contributed by atoms with Crippen LogP contribution < -0.4 is 15.5 Å². The lowest BCUT2D eigenvalue weighted by atomic mass is 10.2. The summed E-state index contributed by atoms with van der Waals surface area (Å²) in [7, 11) is 1.67. The molecule has 0 spiro atoms. The van der Waals surface area contributed by atoms with Gasteiger partial charge in [-0.05, 0) is 49.9 Å². The molecule has 0 aromatic heterocycles. The fourth-order valence-electron chi connectivity index (χ4n) is 3.42. The summed E-state index contributed by atoms with van der Waals surface area (Å²) >= 11 is 0. The van der Waals surface area contributed by atoms with Crippen LogP contribution in [0.1, 0.15) is 5.56 Å². The predicted molar refractivity (Wildman–Crippen MR) is 122 cm³/mol. The van der Waals surface area contributed by atoms with Crippen molar-refractivity contribution in [3.05, 3.63) is 58.1 Å². The molecule has 2 amide bonds. The number of anilines is 3. The second-order valence-corrected chi connectivity index (χ2v) is 7.67. The van der Waals surface area contributed by atoms with Crippen LogP contribution in [0.15, 0.2) is 42.5 Å². The number of carbonyl (C=O) groups excluding carboxylic acids is 2. The first-order valence-corrected chi connectivity index (χ1v) is 10.3. The van der Waals surface area contributed by atoms with E-state index in [1.165, 1.54) is 18.2 Å². The summed E-state index contributed by atoms with van der Waals surface area (Å²) in [6, 6.07) is 11.9. The second-order valence-electron chi connectivity index (χ2n) is 7.67. The van der Waals surface area contributed by atoms with E-state index in [4.69, 9.17) is 4.74 Å². The lowest BCUT2D eigenvalue weighted by Gasteiger charge is -2.28. The van der Waals surface area contributed by atoms with Gasteiger partial charge in [0.1, 0.15) is 0 Å². The maximum absolute atomic E-state index is 12.3. The molecule has 1 saturated heterocycles. The highest BCUT2D eigenvalue weighted by Gasteiger charge is 2.15. The second kappa shape index (κ2) is 10.7. The Morgan fingerprint density at radius 2 is 1.69 bits per heavy atom. The quantitative estimate of drug-likeness (QED) is 0.477. The van der Waals surface area contributed by atoms with E-state index >= 15 is 0 Å². The molecule has 0 unspecified atom stereocenters. The van der Waals surface area contributed by atoms with E-state index in [0.717, 1.165) is 18.8 Å². The first-order valence-electron chi connectivity index (χ1n) is 10.3. The van der Waals surface area contributed by atoms with Crippen LogP contribution in [-0.4, -0.2) is 68.1 Å². The normalized spacial score (nSPS) is 13.7. The fraction of sp³-hybridized carbons (Fsp3) is 0.364. The first kappa shape index (κ1) is 23.2. The van der Waals surface area contributed by atoms with Crippen LogP contribution in [-0.2, 0) is 14.3 Å². The van der Waals surface area contributed by atoms with Crippen molar-refractivity contribution in [3.8, 4) is 0 Å². The van der Waals surface area contributed by atoms with E-state index in [1.54, 1.807) is 18.9 Å². The largest absolute Gasteiger partial charge is 0.378 e. The fourth-order valence-corrected chi connectivity index (χ4v) is 3.42. The lowest BCUT2D eigenvalue weighted by Crippen LogP contribution is -2.36. The molecule has 10 heteroatoms. The van der Waals surface area contributed by atoms with Crippen molar-refractivity contribution < 1.29 is 19.2 Å². The van der Waals surface area contributed by atoms with Gasteiger partial charge >= 0.3 is 0 Å². The number of nitrogens with one attached hydrogen (secondary N) is 2. The number of hydrogen-bond acceptors (Lipinski definition) is 7. The van der Waals surface area contributed by atoms with Gasteiger partial charge in [-0.2, -0.15) is 0 Å². The number of morpholine rings is 1. The molecule has 1 heterocycles. The molecular weight excluding hydrogens is 414 g/mol. The predicted octanol–water partition coefficient (Wildman–Crippen LogP) is 2.25. The van der Waals surface area contributed by atoms with Crippen LogP contribution >= 0.6 is 0 Å². The summed E-state index contributed by atoms with van der Waals surface area (Å²) in [5.74, 6) is -0.543. The standard InChI is InChI=1S/C22H27N5O5/c1-16-13-19(27(30)31)7-8-20(16)24-22(29)15-25(2)14-21(28)23-17-3-5-18(6-4-17)26-9-11-32-12-10-26/h3-8,13H,9-12,14-15H2,1-2H3,(H,23,28)(H,24,29). The minimum Gasteiger partial charge on any atom is -0.378 e. The van der Waals surface area contributed by atoms with Gasteiger partial charge in [-0.25, -0.2) is 0 Å². The van der Waals surface area contributed by atoms with Gasteiger partial charge in [0.2, 0.25) is 11.8 Å². The van der Waals surface area contributed by atoms with Crippen LogP contribution in [0, 0.1) is 17.0 Å². The Labute approximate surface area is 186 Å². The highest BCUT2D eigenvalue weighted by Crippen LogP contribution is 2.21. The Bertz CT molecular complexity index is 973. The van der Waals surface area contributed by atoms with Crippen LogP contribution in [0.25, 0.3) is 0 Å². The SMILES string of the molecule is Cc1cc([N+](=O)[O-])ccc1NC(=O)CN(C)CC(=O)Nc1ccc(N2CCOCC2)cc1. The maximum Gasteiger partial charge on any atom is 0.269 e. The number of likely N-dealkylation sites (N-methyl/N-ethyl adjacent to an activating group) is 1. The summed E-state index contributed by atoms with van der Waals surface area (Å²) in [6.45, 7) is 4.84. The molecular formula is C22H27N5O5. The molecule has 0 atom stereocenters. The molecule has 3 rings (SSSR count). The van der Waals surface area contributed by atoms with Crippen molar-refractivity contribution in [1.82, 2.24) is 4.90 Å². The molecule has 1 fully saturated rings. The zero-order chi connectivity index (χ0) is 23.1. The van der Waals surface area contributed by atoms with Gasteiger partial charge in [-0.3, -0.25) is 24.6 Å². The van der Waals surface area contributed by atoms with Crippen molar-refractivity contribution in [1.29, 1.82) is 0 Å². The van der Waals surface area contributed by atoms with Crippen molar-refractivity contribution in [2.24, 2.45) is 0 Å². The van der Waals surface area contributed by atoms with Gasteiger partial charge < -0.3 is 20.3 Å². The van der Waals surface area contributed by atoms with E-state index in [1.807, 2.05) is 24.3 Å². The molecule has 10 nitrogen and oxygen atoms in total. The molecule has 2 aromatic rings.